The number of nitrogens with one attached hydrogen (secondary N) is 1. The zero-order valence-corrected chi connectivity index (χ0v) is 10.0. The highest BCUT2D eigenvalue weighted by atomic mass is 16.6. The number of carbonyl (C=O) groups excluding carboxylic acids is 1. The van der Waals surface area contributed by atoms with Crippen molar-refractivity contribution in [2.75, 3.05) is 13.1 Å². The molecule has 0 spiro atoms. The average molecular weight is 267 g/mol. The number of hydrogen-bond donors (Lipinski definition) is 2. The molecule has 1 aliphatic rings. The number of piperidine rings is 1. The summed E-state index contributed by atoms with van der Waals surface area (Å²) in [6.07, 6.45) is 2.31. The molecule has 1 aromatic rings. The van der Waals surface area contributed by atoms with Crippen molar-refractivity contribution >= 4 is 17.6 Å². The van der Waals surface area contributed by atoms with Crippen molar-refractivity contribution in [3.05, 3.63) is 28.1 Å². The predicted octanol–water partition coefficient (Wildman–Crippen LogP) is 0.860. The number of carboxylic acid groups (broad SMARTS) is 1. The molecule has 0 aliphatic carbocycles. The Labute approximate surface area is 108 Å². The van der Waals surface area contributed by atoms with Crippen molar-refractivity contribution in [3.63, 3.8) is 0 Å². The molecule has 0 bridgehead atoms. The van der Waals surface area contributed by atoms with Crippen LogP contribution in [0.2, 0.25) is 0 Å². The number of aromatic nitrogens is 1. The summed E-state index contributed by atoms with van der Waals surface area (Å²) in [5.41, 5.74) is -0.0760. The molecule has 2 heterocycles. The van der Waals surface area contributed by atoms with Crippen LogP contribution in [0.15, 0.2) is 12.3 Å². The molecular weight excluding hydrogens is 254 g/mol. The van der Waals surface area contributed by atoms with E-state index in [1.165, 1.54) is 4.90 Å². The SMILES string of the molecule is O=C(O)[C@H]1CCCN(C(=O)c2cc([N+](=O)[O-])c[nH]2)C1. The molecule has 102 valence electrons. The summed E-state index contributed by atoms with van der Waals surface area (Å²) in [5, 5.41) is 19.5. The lowest BCUT2D eigenvalue weighted by molar-refractivity contribution is -0.384. The lowest BCUT2D eigenvalue weighted by Gasteiger charge is -2.30. The van der Waals surface area contributed by atoms with Gasteiger partial charge in [0.2, 0.25) is 0 Å². The summed E-state index contributed by atoms with van der Waals surface area (Å²) in [6, 6.07) is 1.16. The minimum absolute atomic E-state index is 0.109. The van der Waals surface area contributed by atoms with E-state index >= 15 is 0 Å². The second kappa shape index (κ2) is 5.09. The lowest BCUT2D eigenvalue weighted by atomic mass is 9.98. The first-order chi connectivity index (χ1) is 8.99. The second-order valence-electron chi connectivity index (χ2n) is 4.46. The lowest BCUT2D eigenvalue weighted by Crippen LogP contribution is -2.42. The molecule has 1 aromatic heterocycles. The van der Waals surface area contributed by atoms with Crippen LogP contribution in [0.1, 0.15) is 23.3 Å². The summed E-state index contributed by atoms with van der Waals surface area (Å²) in [7, 11) is 0. The Morgan fingerprint density at radius 1 is 1.53 bits per heavy atom. The van der Waals surface area contributed by atoms with Crippen LogP contribution in [0, 0.1) is 16.0 Å². The molecule has 0 aromatic carbocycles. The molecule has 1 amide bonds. The Morgan fingerprint density at radius 2 is 2.26 bits per heavy atom. The Balaban J connectivity index is 2.10. The Morgan fingerprint density at radius 3 is 2.84 bits per heavy atom. The van der Waals surface area contributed by atoms with Crippen molar-refractivity contribution in [2.45, 2.75) is 12.8 Å². The third-order valence-electron chi connectivity index (χ3n) is 3.17. The van der Waals surface area contributed by atoms with E-state index in [2.05, 4.69) is 4.98 Å². The van der Waals surface area contributed by atoms with Gasteiger partial charge in [-0.1, -0.05) is 0 Å². The standard InChI is InChI=1S/C11H13N3O5/c15-10(9-4-8(5-12-9)14(18)19)13-3-1-2-7(6-13)11(16)17/h4-5,7,12H,1-3,6H2,(H,16,17)/t7-/m0/s1. The van der Waals surface area contributed by atoms with E-state index in [1.807, 2.05) is 0 Å². The summed E-state index contributed by atoms with van der Waals surface area (Å²) in [6.45, 7) is 0.608. The summed E-state index contributed by atoms with van der Waals surface area (Å²) >= 11 is 0. The summed E-state index contributed by atoms with van der Waals surface area (Å²) in [5.74, 6) is -1.89. The molecule has 2 rings (SSSR count). The number of amides is 1. The number of aromatic amines is 1. The van der Waals surface area contributed by atoms with E-state index in [0.29, 0.717) is 19.4 Å². The van der Waals surface area contributed by atoms with Crippen LogP contribution in [0.25, 0.3) is 0 Å². The van der Waals surface area contributed by atoms with Crippen LogP contribution < -0.4 is 0 Å². The van der Waals surface area contributed by atoms with Gasteiger partial charge in [-0.2, -0.15) is 0 Å². The molecule has 8 nitrogen and oxygen atoms in total. The number of aliphatic carboxylic acids is 1. The molecule has 0 radical (unpaired) electrons. The number of nitrogens with zero attached hydrogens (tertiary/aromatic N) is 2. The van der Waals surface area contributed by atoms with Crippen LogP contribution in [-0.4, -0.2) is 44.9 Å². The monoisotopic (exact) mass is 267 g/mol. The molecular formula is C11H13N3O5. The van der Waals surface area contributed by atoms with Gasteiger partial charge in [-0.15, -0.1) is 0 Å². The van der Waals surface area contributed by atoms with Gasteiger partial charge in [-0.25, -0.2) is 0 Å². The van der Waals surface area contributed by atoms with Crippen LogP contribution >= 0.6 is 0 Å². The minimum Gasteiger partial charge on any atom is -0.481 e. The average Bonchev–Trinajstić information content (AvgIpc) is 2.87. The van der Waals surface area contributed by atoms with E-state index in [4.69, 9.17) is 5.11 Å². The van der Waals surface area contributed by atoms with Crippen LogP contribution in [0.3, 0.4) is 0 Å². The van der Waals surface area contributed by atoms with Crippen molar-refractivity contribution in [1.29, 1.82) is 0 Å². The zero-order chi connectivity index (χ0) is 14.0. The molecule has 0 unspecified atom stereocenters. The first-order valence-corrected chi connectivity index (χ1v) is 5.84. The van der Waals surface area contributed by atoms with Gasteiger partial charge >= 0.3 is 5.97 Å². The molecule has 1 fully saturated rings. The molecule has 19 heavy (non-hydrogen) atoms. The van der Waals surface area contributed by atoms with E-state index in [9.17, 15) is 19.7 Å². The third-order valence-corrected chi connectivity index (χ3v) is 3.17. The number of H-pyrrole nitrogens is 1. The maximum Gasteiger partial charge on any atom is 0.308 e. The van der Waals surface area contributed by atoms with Gasteiger partial charge in [0.15, 0.2) is 0 Å². The van der Waals surface area contributed by atoms with Crippen molar-refractivity contribution in [1.82, 2.24) is 9.88 Å². The highest BCUT2D eigenvalue weighted by Gasteiger charge is 2.29. The Bertz CT molecular complexity index is 524. The normalized spacial score (nSPS) is 19.2. The van der Waals surface area contributed by atoms with Gasteiger partial charge in [0.25, 0.3) is 11.6 Å². The van der Waals surface area contributed by atoms with Crippen LogP contribution in [0.5, 0.6) is 0 Å². The van der Waals surface area contributed by atoms with Crippen LogP contribution in [-0.2, 0) is 4.79 Å². The predicted molar refractivity (Wildman–Crippen MR) is 63.7 cm³/mol. The Kier molecular flexibility index (Phi) is 3.50. The van der Waals surface area contributed by atoms with Crippen molar-refractivity contribution in [2.24, 2.45) is 5.92 Å². The smallest absolute Gasteiger partial charge is 0.308 e. The highest BCUT2D eigenvalue weighted by Crippen LogP contribution is 2.20. The van der Waals surface area contributed by atoms with E-state index in [0.717, 1.165) is 12.3 Å². The third kappa shape index (κ3) is 2.72. The second-order valence-corrected chi connectivity index (χ2v) is 4.46. The number of likely N-dealkylation sites (tertiary alicyclic amines) is 1. The van der Waals surface area contributed by atoms with Gasteiger partial charge in [-0.05, 0) is 12.8 Å². The maximum absolute atomic E-state index is 12.1. The molecule has 2 N–H and O–H groups in total. The molecule has 8 heteroatoms. The summed E-state index contributed by atoms with van der Waals surface area (Å²) < 4.78 is 0. The number of nitro groups is 1. The van der Waals surface area contributed by atoms with E-state index < -0.39 is 22.7 Å². The fraction of sp³-hybridized carbons (Fsp3) is 0.455. The topological polar surface area (TPSA) is 117 Å². The van der Waals surface area contributed by atoms with Crippen molar-refractivity contribution < 1.29 is 19.6 Å². The fourth-order valence-corrected chi connectivity index (χ4v) is 2.15. The van der Waals surface area contributed by atoms with E-state index in [1.54, 1.807) is 0 Å². The van der Waals surface area contributed by atoms with Gasteiger partial charge in [0.05, 0.1) is 17.0 Å². The quantitative estimate of drug-likeness (QED) is 0.622. The zero-order valence-electron chi connectivity index (χ0n) is 10.0. The van der Waals surface area contributed by atoms with Gasteiger partial charge in [0.1, 0.15) is 5.69 Å². The van der Waals surface area contributed by atoms with Gasteiger partial charge in [0, 0.05) is 19.2 Å². The molecule has 1 atom stereocenters. The van der Waals surface area contributed by atoms with Crippen LogP contribution in [0.4, 0.5) is 5.69 Å². The highest BCUT2D eigenvalue weighted by molar-refractivity contribution is 5.93. The largest absolute Gasteiger partial charge is 0.481 e. The number of rotatable bonds is 3. The van der Waals surface area contributed by atoms with E-state index in [-0.39, 0.29) is 17.9 Å². The molecule has 1 aliphatic heterocycles. The van der Waals surface area contributed by atoms with Gasteiger partial charge in [-0.3, -0.25) is 19.7 Å². The van der Waals surface area contributed by atoms with Crippen molar-refractivity contribution in [3.8, 4) is 0 Å². The summed E-state index contributed by atoms with van der Waals surface area (Å²) in [4.78, 5) is 36.9. The maximum atomic E-state index is 12.1. The molecule has 1 saturated heterocycles. The number of hydrogen-bond acceptors (Lipinski definition) is 4. The first-order valence-electron chi connectivity index (χ1n) is 5.84. The first kappa shape index (κ1) is 13.1. The number of carboxylic acids is 1. The van der Waals surface area contributed by atoms with Gasteiger partial charge < -0.3 is 15.0 Å². The Hall–Kier alpha value is -2.38. The number of carbonyl (C=O) groups is 2. The minimum atomic E-state index is -0.921. The molecule has 0 saturated carbocycles. The fourth-order valence-electron chi connectivity index (χ4n) is 2.15.